The van der Waals surface area contributed by atoms with Crippen molar-refractivity contribution in [1.29, 1.82) is 0 Å². The van der Waals surface area contributed by atoms with E-state index in [4.69, 9.17) is 11.6 Å². The minimum Gasteiger partial charge on any atom is -0.337 e. The highest BCUT2D eigenvalue weighted by molar-refractivity contribution is 6.33. The molecule has 0 fully saturated rings. The summed E-state index contributed by atoms with van der Waals surface area (Å²) in [4.78, 5) is 20.3. The summed E-state index contributed by atoms with van der Waals surface area (Å²) >= 11 is 6.04. The fourth-order valence-electron chi connectivity index (χ4n) is 1.76. The summed E-state index contributed by atoms with van der Waals surface area (Å²) in [6, 6.07) is 1.67. The van der Waals surface area contributed by atoms with Gasteiger partial charge in [-0.15, -0.1) is 0 Å². The van der Waals surface area contributed by atoms with Gasteiger partial charge in [0.25, 0.3) is 5.91 Å². The fraction of sp³-hybridized carbons (Fsp3) is 0.571. The molecule has 0 bridgehead atoms. The molecule has 0 unspecified atom stereocenters. The van der Waals surface area contributed by atoms with Crippen LogP contribution < -0.4 is 0 Å². The van der Waals surface area contributed by atoms with Crippen molar-refractivity contribution in [2.75, 3.05) is 33.7 Å². The van der Waals surface area contributed by atoms with E-state index in [2.05, 4.69) is 23.7 Å². The fourth-order valence-corrected chi connectivity index (χ4v) is 1.96. The average Bonchev–Trinajstić information content (AvgIpc) is 2.33. The lowest BCUT2D eigenvalue weighted by molar-refractivity contribution is 0.0724. The van der Waals surface area contributed by atoms with Gasteiger partial charge in [0.1, 0.15) is 0 Å². The molecule has 0 N–H and O–H groups in total. The van der Waals surface area contributed by atoms with Crippen LogP contribution in [-0.4, -0.2) is 54.4 Å². The van der Waals surface area contributed by atoms with Crippen molar-refractivity contribution < 1.29 is 4.79 Å². The number of carbonyl (C=O) groups excluding carboxylic acids is 1. The van der Waals surface area contributed by atoms with Gasteiger partial charge < -0.3 is 9.80 Å². The second-order valence-corrected chi connectivity index (χ2v) is 5.71. The Morgan fingerprint density at radius 3 is 2.58 bits per heavy atom. The van der Waals surface area contributed by atoms with Gasteiger partial charge in [0.05, 0.1) is 10.6 Å². The molecule has 1 aromatic heterocycles. The Hall–Kier alpha value is -1.13. The van der Waals surface area contributed by atoms with Crippen molar-refractivity contribution in [1.82, 2.24) is 14.8 Å². The minimum atomic E-state index is -0.0250. The van der Waals surface area contributed by atoms with Crippen LogP contribution in [0, 0.1) is 5.92 Å². The highest BCUT2D eigenvalue weighted by atomic mass is 35.5. The standard InChI is InChI=1S/C14H22ClN3O/c1-11(2)10-18(8-7-17(3)4)14(19)12-5-6-16-9-13(12)15/h5-6,9,11H,7-8,10H2,1-4H3. The van der Waals surface area contributed by atoms with E-state index in [0.717, 1.165) is 13.1 Å². The first kappa shape index (κ1) is 15.9. The van der Waals surface area contributed by atoms with Gasteiger partial charge in [0.15, 0.2) is 0 Å². The number of carbonyl (C=O) groups is 1. The van der Waals surface area contributed by atoms with E-state index in [1.54, 1.807) is 12.3 Å². The molecular weight excluding hydrogens is 262 g/mol. The number of nitrogens with zero attached hydrogens (tertiary/aromatic N) is 3. The SMILES string of the molecule is CC(C)CN(CCN(C)C)C(=O)c1ccncc1Cl. The zero-order valence-corrected chi connectivity index (χ0v) is 12.8. The average molecular weight is 284 g/mol. The van der Waals surface area contributed by atoms with E-state index in [1.807, 2.05) is 19.0 Å². The summed E-state index contributed by atoms with van der Waals surface area (Å²) in [6.07, 6.45) is 3.10. The topological polar surface area (TPSA) is 36.4 Å². The molecule has 0 saturated carbocycles. The maximum Gasteiger partial charge on any atom is 0.255 e. The van der Waals surface area contributed by atoms with Crippen LogP contribution in [0.2, 0.25) is 5.02 Å². The van der Waals surface area contributed by atoms with Gasteiger partial charge in [-0.3, -0.25) is 9.78 Å². The van der Waals surface area contributed by atoms with Crippen LogP contribution in [0.1, 0.15) is 24.2 Å². The maximum absolute atomic E-state index is 12.5. The van der Waals surface area contributed by atoms with Gasteiger partial charge in [0, 0.05) is 32.0 Å². The highest BCUT2D eigenvalue weighted by Crippen LogP contribution is 2.16. The zero-order chi connectivity index (χ0) is 14.4. The Balaban J connectivity index is 2.84. The van der Waals surface area contributed by atoms with Crippen LogP contribution in [0.4, 0.5) is 0 Å². The van der Waals surface area contributed by atoms with Crippen molar-refractivity contribution >= 4 is 17.5 Å². The molecule has 1 heterocycles. The van der Waals surface area contributed by atoms with Gasteiger partial charge in [-0.05, 0) is 26.1 Å². The first-order valence-corrected chi connectivity index (χ1v) is 6.83. The highest BCUT2D eigenvalue weighted by Gasteiger charge is 2.19. The van der Waals surface area contributed by atoms with E-state index in [9.17, 15) is 4.79 Å². The second-order valence-electron chi connectivity index (χ2n) is 5.30. The van der Waals surface area contributed by atoms with Gasteiger partial charge in [-0.25, -0.2) is 0 Å². The summed E-state index contributed by atoms with van der Waals surface area (Å²) < 4.78 is 0. The largest absolute Gasteiger partial charge is 0.337 e. The quantitative estimate of drug-likeness (QED) is 0.804. The molecule has 4 nitrogen and oxygen atoms in total. The lowest BCUT2D eigenvalue weighted by Crippen LogP contribution is -2.39. The molecule has 0 radical (unpaired) electrons. The molecule has 106 valence electrons. The van der Waals surface area contributed by atoms with E-state index in [1.165, 1.54) is 6.20 Å². The van der Waals surface area contributed by atoms with Gasteiger partial charge in [-0.1, -0.05) is 25.4 Å². The van der Waals surface area contributed by atoms with E-state index >= 15 is 0 Å². The van der Waals surface area contributed by atoms with E-state index in [0.29, 0.717) is 23.0 Å². The Kier molecular flexibility index (Phi) is 6.25. The number of hydrogen-bond acceptors (Lipinski definition) is 3. The zero-order valence-electron chi connectivity index (χ0n) is 12.1. The molecular formula is C14H22ClN3O. The molecule has 5 heteroatoms. The van der Waals surface area contributed by atoms with Gasteiger partial charge in [0.2, 0.25) is 0 Å². The lowest BCUT2D eigenvalue weighted by Gasteiger charge is -2.26. The Morgan fingerprint density at radius 2 is 2.05 bits per heavy atom. The summed E-state index contributed by atoms with van der Waals surface area (Å²) in [5.41, 5.74) is 0.524. The summed E-state index contributed by atoms with van der Waals surface area (Å²) in [5.74, 6) is 0.398. The van der Waals surface area contributed by atoms with Crippen molar-refractivity contribution in [2.24, 2.45) is 5.92 Å². The monoisotopic (exact) mass is 283 g/mol. The Bertz CT molecular complexity index is 421. The number of amides is 1. The molecule has 0 aliphatic carbocycles. The number of hydrogen-bond donors (Lipinski definition) is 0. The molecule has 1 rings (SSSR count). The van der Waals surface area contributed by atoms with E-state index < -0.39 is 0 Å². The molecule has 0 aliphatic heterocycles. The summed E-state index contributed by atoms with van der Waals surface area (Å²) in [7, 11) is 3.99. The van der Waals surface area contributed by atoms with Crippen molar-refractivity contribution in [3.05, 3.63) is 29.0 Å². The Labute approximate surface area is 120 Å². The smallest absolute Gasteiger partial charge is 0.255 e. The molecule has 1 aromatic rings. The third kappa shape index (κ3) is 5.17. The first-order chi connectivity index (χ1) is 8.91. The van der Waals surface area contributed by atoms with Crippen LogP contribution in [-0.2, 0) is 0 Å². The first-order valence-electron chi connectivity index (χ1n) is 6.45. The number of aromatic nitrogens is 1. The number of halogens is 1. The molecule has 1 amide bonds. The minimum absolute atomic E-state index is 0.0250. The van der Waals surface area contributed by atoms with Crippen molar-refractivity contribution in [3.63, 3.8) is 0 Å². The maximum atomic E-state index is 12.5. The number of likely N-dealkylation sites (N-methyl/N-ethyl adjacent to an activating group) is 1. The van der Waals surface area contributed by atoms with Crippen LogP contribution in [0.5, 0.6) is 0 Å². The van der Waals surface area contributed by atoms with Crippen molar-refractivity contribution in [3.8, 4) is 0 Å². The molecule has 0 saturated heterocycles. The third-order valence-corrected chi connectivity index (χ3v) is 2.99. The van der Waals surface area contributed by atoms with Gasteiger partial charge >= 0.3 is 0 Å². The summed E-state index contributed by atoms with van der Waals surface area (Å²) in [6.45, 7) is 6.46. The predicted octanol–water partition coefficient (Wildman–Crippen LogP) is 2.39. The van der Waals surface area contributed by atoms with Crippen LogP contribution in [0.3, 0.4) is 0 Å². The third-order valence-electron chi connectivity index (χ3n) is 2.69. The second kappa shape index (κ2) is 7.46. The molecule has 0 spiro atoms. The summed E-state index contributed by atoms with van der Waals surface area (Å²) in [5, 5.41) is 0.408. The van der Waals surface area contributed by atoms with E-state index in [-0.39, 0.29) is 5.91 Å². The molecule has 0 aliphatic rings. The number of rotatable bonds is 6. The van der Waals surface area contributed by atoms with Crippen LogP contribution in [0.25, 0.3) is 0 Å². The van der Waals surface area contributed by atoms with Crippen LogP contribution >= 0.6 is 11.6 Å². The predicted molar refractivity (Wildman–Crippen MR) is 78.5 cm³/mol. The van der Waals surface area contributed by atoms with Crippen LogP contribution in [0.15, 0.2) is 18.5 Å². The molecule has 19 heavy (non-hydrogen) atoms. The lowest BCUT2D eigenvalue weighted by atomic mass is 10.1. The molecule has 0 aromatic carbocycles. The Morgan fingerprint density at radius 1 is 1.37 bits per heavy atom. The normalized spacial score (nSPS) is 11.1. The molecule has 0 atom stereocenters. The number of pyridine rings is 1. The van der Waals surface area contributed by atoms with Gasteiger partial charge in [-0.2, -0.15) is 0 Å². The van der Waals surface area contributed by atoms with Crippen molar-refractivity contribution in [2.45, 2.75) is 13.8 Å².